The summed E-state index contributed by atoms with van der Waals surface area (Å²) in [6, 6.07) is 3.08. The van der Waals surface area contributed by atoms with Crippen LogP contribution in [0.25, 0.3) is 0 Å². The SMILES string of the molecule is Cc1ncsc1CNc1ccc(S(=O)(=O)N(C(C)C)C(C)C)cn1. The number of aryl methyl sites for hydroxylation is 1. The summed E-state index contributed by atoms with van der Waals surface area (Å²) in [5.74, 6) is 0.641. The van der Waals surface area contributed by atoms with Crippen LogP contribution < -0.4 is 5.32 Å². The third kappa shape index (κ3) is 4.12. The summed E-state index contributed by atoms with van der Waals surface area (Å²) < 4.78 is 27.0. The lowest BCUT2D eigenvalue weighted by atomic mass is 10.3. The van der Waals surface area contributed by atoms with Gasteiger partial charge in [-0.2, -0.15) is 4.31 Å². The third-order valence-electron chi connectivity index (χ3n) is 3.60. The van der Waals surface area contributed by atoms with Crippen LogP contribution in [0.3, 0.4) is 0 Å². The standard InChI is InChI=1S/C16H24N4O2S2/c1-11(2)20(12(3)4)24(21,22)14-6-7-16(17-8-14)18-9-15-13(5)19-10-23-15/h6-8,10-12H,9H2,1-5H3,(H,17,18). The Morgan fingerprint density at radius 1 is 1.17 bits per heavy atom. The number of sulfonamides is 1. The molecule has 0 spiro atoms. The monoisotopic (exact) mass is 368 g/mol. The molecule has 0 aromatic carbocycles. The highest BCUT2D eigenvalue weighted by molar-refractivity contribution is 7.89. The van der Waals surface area contributed by atoms with Crippen molar-refractivity contribution in [3.8, 4) is 0 Å². The summed E-state index contributed by atoms with van der Waals surface area (Å²) in [6.45, 7) is 10.1. The van der Waals surface area contributed by atoms with Gasteiger partial charge in [0.15, 0.2) is 0 Å². The molecule has 0 unspecified atom stereocenters. The molecule has 0 aliphatic carbocycles. The lowest BCUT2D eigenvalue weighted by molar-refractivity contribution is 0.302. The van der Waals surface area contributed by atoms with Gasteiger partial charge in [0.05, 0.1) is 17.7 Å². The molecule has 0 bridgehead atoms. The minimum atomic E-state index is -3.55. The van der Waals surface area contributed by atoms with E-state index >= 15 is 0 Å². The van der Waals surface area contributed by atoms with Gasteiger partial charge in [0.1, 0.15) is 10.7 Å². The van der Waals surface area contributed by atoms with Crippen LogP contribution in [0.4, 0.5) is 5.82 Å². The maximum Gasteiger partial charge on any atom is 0.245 e. The number of anilines is 1. The second-order valence-corrected chi connectivity index (χ2v) is 8.90. The molecule has 0 aliphatic rings. The average Bonchev–Trinajstić information content (AvgIpc) is 2.89. The average molecular weight is 369 g/mol. The van der Waals surface area contributed by atoms with Crippen molar-refractivity contribution in [2.75, 3.05) is 5.32 Å². The fraction of sp³-hybridized carbons (Fsp3) is 0.500. The predicted octanol–water partition coefficient (Wildman–Crippen LogP) is 3.27. The Morgan fingerprint density at radius 3 is 2.29 bits per heavy atom. The lowest BCUT2D eigenvalue weighted by Crippen LogP contribution is -2.41. The molecule has 0 radical (unpaired) electrons. The summed E-state index contributed by atoms with van der Waals surface area (Å²) in [7, 11) is -3.55. The molecule has 2 aromatic rings. The number of thiazole rings is 1. The summed E-state index contributed by atoms with van der Waals surface area (Å²) in [4.78, 5) is 9.79. The Bertz CT molecular complexity index is 760. The van der Waals surface area contributed by atoms with Crippen LogP contribution in [-0.2, 0) is 16.6 Å². The second kappa shape index (κ2) is 7.58. The molecule has 132 valence electrons. The molecule has 0 aliphatic heterocycles. The smallest absolute Gasteiger partial charge is 0.245 e. The van der Waals surface area contributed by atoms with Gasteiger partial charge in [0.25, 0.3) is 0 Å². The topological polar surface area (TPSA) is 75.2 Å². The van der Waals surface area contributed by atoms with E-state index in [9.17, 15) is 8.42 Å². The zero-order valence-electron chi connectivity index (χ0n) is 14.6. The van der Waals surface area contributed by atoms with E-state index in [0.717, 1.165) is 10.6 Å². The molecule has 0 saturated carbocycles. The van der Waals surface area contributed by atoms with Crippen molar-refractivity contribution in [2.24, 2.45) is 0 Å². The first-order chi connectivity index (χ1) is 11.2. The van der Waals surface area contributed by atoms with Gasteiger partial charge < -0.3 is 5.32 Å². The van der Waals surface area contributed by atoms with E-state index in [4.69, 9.17) is 0 Å². The Labute approximate surface area is 148 Å². The van der Waals surface area contributed by atoms with Gasteiger partial charge >= 0.3 is 0 Å². The Morgan fingerprint density at radius 2 is 1.83 bits per heavy atom. The van der Waals surface area contributed by atoms with Crippen LogP contribution in [0.2, 0.25) is 0 Å². The van der Waals surface area contributed by atoms with Gasteiger partial charge in [-0.1, -0.05) is 0 Å². The highest BCUT2D eigenvalue weighted by atomic mass is 32.2. The van der Waals surface area contributed by atoms with Crippen LogP contribution >= 0.6 is 11.3 Å². The number of nitrogens with one attached hydrogen (secondary N) is 1. The van der Waals surface area contributed by atoms with Crippen LogP contribution in [0.5, 0.6) is 0 Å². The van der Waals surface area contributed by atoms with Crippen molar-refractivity contribution in [3.63, 3.8) is 0 Å². The van der Waals surface area contributed by atoms with E-state index in [1.165, 1.54) is 10.5 Å². The van der Waals surface area contributed by atoms with Gasteiger partial charge in [-0.15, -0.1) is 11.3 Å². The molecule has 0 fully saturated rings. The number of rotatable bonds is 7. The third-order valence-corrected chi connectivity index (χ3v) is 6.78. The maximum absolute atomic E-state index is 12.8. The fourth-order valence-electron chi connectivity index (χ4n) is 2.58. The zero-order valence-corrected chi connectivity index (χ0v) is 16.3. The number of nitrogens with zero attached hydrogens (tertiary/aromatic N) is 3. The zero-order chi connectivity index (χ0) is 17.9. The molecule has 24 heavy (non-hydrogen) atoms. The Kier molecular flexibility index (Phi) is 5.95. The quantitative estimate of drug-likeness (QED) is 0.812. The number of pyridine rings is 1. The highest BCUT2D eigenvalue weighted by Crippen LogP contribution is 2.21. The summed E-state index contributed by atoms with van der Waals surface area (Å²) in [5.41, 5.74) is 2.80. The largest absolute Gasteiger partial charge is 0.365 e. The van der Waals surface area contributed by atoms with Crippen molar-refractivity contribution >= 4 is 27.2 Å². The van der Waals surface area contributed by atoms with Crippen LogP contribution in [0.15, 0.2) is 28.7 Å². The summed E-state index contributed by atoms with van der Waals surface area (Å²) in [6.07, 6.45) is 1.41. The van der Waals surface area contributed by atoms with Crippen molar-refractivity contribution in [2.45, 2.75) is 58.1 Å². The molecule has 1 N–H and O–H groups in total. The van der Waals surface area contributed by atoms with E-state index in [2.05, 4.69) is 15.3 Å². The van der Waals surface area contributed by atoms with E-state index in [1.54, 1.807) is 23.5 Å². The van der Waals surface area contributed by atoms with E-state index in [-0.39, 0.29) is 17.0 Å². The van der Waals surface area contributed by atoms with Gasteiger partial charge in [0.2, 0.25) is 10.0 Å². The first-order valence-corrected chi connectivity index (χ1v) is 10.2. The molecule has 0 amide bonds. The highest BCUT2D eigenvalue weighted by Gasteiger charge is 2.29. The fourth-order valence-corrected chi connectivity index (χ4v) is 5.07. The molecule has 2 rings (SSSR count). The number of hydrogen-bond donors (Lipinski definition) is 1. The second-order valence-electron chi connectivity index (χ2n) is 6.12. The minimum absolute atomic E-state index is 0.109. The van der Waals surface area contributed by atoms with Crippen LogP contribution in [0.1, 0.15) is 38.3 Å². The summed E-state index contributed by atoms with van der Waals surface area (Å²) in [5, 5.41) is 3.19. The molecule has 8 heteroatoms. The van der Waals surface area contributed by atoms with Crippen LogP contribution in [0, 0.1) is 6.92 Å². The molecule has 0 atom stereocenters. The minimum Gasteiger partial charge on any atom is -0.365 e. The molecule has 2 heterocycles. The molecular weight excluding hydrogens is 344 g/mol. The van der Waals surface area contributed by atoms with Crippen molar-refractivity contribution in [3.05, 3.63) is 34.4 Å². The first-order valence-electron chi connectivity index (χ1n) is 7.86. The normalized spacial score (nSPS) is 12.3. The van der Waals surface area contributed by atoms with Crippen molar-refractivity contribution in [1.82, 2.24) is 14.3 Å². The Hall–Kier alpha value is -1.51. The van der Waals surface area contributed by atoms with Crippen molar-refractivity contribution in [1.29, 1.82) is 0 Å². The molecular formula is C16H24N4O2S2. The van der Waals surface area contributed by atoms with Gasteiger partial charge in [-0.05, 0) is 46.8 Å². The predicted molar refractivity (Wildman–Crippen MR) is 97.7 cm³/mol. The number of aromatic nitrogens is 2. The molecule has 0 saturated heterocycles. The van der Waals surface area contributed by atoms with E-state index in [0.29, 0.717) is 12.4 Å². The van der Waals surface area contributed by atoms with Gasteiger partial charge in [-0.25, -0.2) is 18.4 Å². The number of hydrogen-bond acceptors (Lipinski definition) is 6. The maximum atomic E-state index is 12.8. The van der Waals surface area contributed by atoms with E-state index in [1.807, 2.05) is 40.1 Å². The van der Waals surface area contributed by atoms with Crippen LogP contribution in [-0.4, -0.2) is 34.8 Å². The summed E-state index contributed by atoms with van der Waals surface area (Å²) >= 11 is 1.58. The molecule has 6 nitrogen and oxygen atoms in total. The van der Waals surface area contributed by atoms with E-state index < -0.39 is 10.0 Å². The lowest BCUT2D eigenvalue weighted by Gasteiger charge is -2.29. The van der Waals surface area contributed by atoms with Gasteiger partial charge in [0, 0.05) is 23.2 Å². The first kappa shape index (κ1) is 18.8. The Balaban J connectivity index is 2.15. The molecule has 2 aromatic heterocycles. The van der Waals surface area contributed by atoms with Gasteiger partial charge in [-0.3, -0.25) is 0 Å². The van der Waals surface area contributed by atoms with Crippen molar-refractivity contribution < 1.29 is 8.42 Å².